The summed E-state index contributed by atoms with van der Waals surface area (Å²) in [6, 6.07) is 0. The van der Waals surface area contributed by atoms with Crippen molar-refractivity contribution in [3.05, 3.63) is 0 Å². The van der Waals surface area contributed by atoms with Crippen LogP contribution in [-0.2, 0) is 4.79 Å². The summed E-state index contributed by atoms with van der Waals surface area (Å²) < 4.78 is 0. The molecule has 0 heterocycles. The monoisotopic (exact) mass is 227 g/mol. The number of carbonyl (C=O) groups is 1. The van der Waals surface area contributed by atoms with Gasteiger partial charge in [-0.25, -0.2) is 0 Å². The molecule has 1 unspecified atom stereocenters. The van der Waals surface area contributed by atoms with E-state index in [-0.39, 0.29) is 0 Å². The summed E-state index contributed by atoms with van der Waals surface area (Å²) in [7, 11) is 0. The van der Waals surface area contributed by atoms with Crippen molar-refractivity contribution in [1.82, 2.24) is 4.90 Å². The molecule has 1 atom stereocenters. The van der Waals surface area contributed by atoms with Crippen LogP contribution in [0.25, 0.3) is 0 Å². The number of carbonyl (C=O) groups excluding carboxylic acids is 1. The van der Waals surface area contributed by atoms with Gasteiger partial charge in [0.1, 0.15) is 0 Å². The van der Waals surface area contributed by atoms with Crippen LogP contribution in [0, 0.1) is 5.92 Å². The minimum atomic E-state index is -0.868. The molecule has 4 N–H and O–H groups in total. The lowest BCUT2D eigenvalue weighted by Gasteiger charge is -2.33. The number of nitrogens with two attached hydrogens (primary N) is 2. The number of hydrogen-bond donors (Lipinski definition) is 2. The molecule has 0 bridgehead atoms. The molecule has 1 amide bonds. The molecule has 1 saturated carbocycles. The number of amides is 1. The van der Waals surface area contributed by atoms with Gasteiger partial charge in [0.25, 0.3) is 0 Å². The molecular formula is C12H25N3O. The van der Waals surface area contributed by atoms with E-state index in [0.29, 0.717) is 6.42 Å². The van der Waals surface area contributed by atoms with Crippen molar-refractivity contribution in [3.63, 3.8) is 0 Å². The molecular weight excluding hydrogens is 202 g/mol. The molecule has 4 nitrogen and oxygen atoms in total. The second kappa shape index (κ2) is 5.64. The summed E-state index contributed by atoms with van der Waals surface area (Å²) in [4.78, 5) is 13.5. The first-order valence-electron chi connectivity index (χ1n) is 6.27. The molecule has 1 rings (SSSR count). The number of hydrogen-bond acceptors (Lipinski definition) is 3. The first kappa shape index (κ1) is 13.5. The van der Waals surface area contributed by atoms with Gasteiger partial charge in [0, 0.05) is 13.1 Å². The van der Waals surface area contributed by atoms with Crippen LogP contribution in [0.15, 0.2) is 0 Å². The molecule has 94 valence electrons. The van der Waals surface area contributed by atoms with Crippen molar-refractivity contribution in [2.45, 2.75) is 45.1 Å². The highest BCUT2D eigenvalue weighted by atomic mass is 16.1. The van der Waals surface area contributed by atoms with Crippen molar-refractivity contribution in [1.29, 1.82) is 0 Å². The normalized spacial score (nSPS) is 20.5. The first-order chi connectivity index (χ1) is 7.45. The molecule has 0 aromatic carbocycles. The molecule has 4 heteroatoms. The lowest BCUT2D eigenvalue weighted by Crippen LogP contribution is -2.51. The van der Waals surface area contributed by atoms with Crippen LogP contribution in [0.4, 0.5) is 0 Å². The quantitative estimate of drug-likeness (QED) is 0.672. The molecule has 1 aliphatic rings. The Kier molecular flexibility index (Phi) is 4.74. The lowest BCUT2D eigenvalue weighted by molar-refractivity contribution is -0.122. The SMILES string of the molecule is CCN(CCC(C)(N)C(N)=O)CC1CCC1. The maximum Gasteiger partial charge on any atom is 0.237 e. The van der Waals surface area contributed by atoms with Crippen molar-refractivity contribution < 1.29 is 4.79 Å². The van der Waals surface area contributed by atoms with Crippen LogP contribution in [0.3, 0.4) is 0 Å². The Labute approximate surface area is 98.3 Å². The fourth-order valence-electron chi connectivity index (χ4n) is 1.93. The Morgan fingerprint density at radius 1 is 1.50 bits per heavy atom. The van der Waals surface area contributed by atoms with E-state index in [1.54, 1.807) is 6.92 Å². The van der Waals surface area contributed by atoms with E-state index in [9.17, 15) is 4.79 Å². The van der Waals surface area contributed by atoms with Gasteiger partial charge in [-0.1, -0.05) is 13.3 Å². The molecule has 0 radical (unpaired) electrons. The van der Waals surface area contributed by atoms with E-state index in [1.807, 2.05) is 0 Å². The van der Waals surface area contributed by atoms with Gasteiger partial charge in [0.05, 0.1) is 5.54 Å². The topological polar surface area (TPSA) is 72.3 Å². The van der Waals surface area contributed by atoms with Gasteiger partial charge in [-0.15, -0.1) is 0 Å². The zero-order chi connectivity index (χ0) is 12.2. The fraction of sp³-hybridized carbons (Fsp3) is 0.917. The molecule has 0 spiro atoms. The number of rotatable bonds is 7. The van der Waals surface area contributed by atoms with E-state index >= 15 is 0 Å². The van der Waals surface area contributed by atoms with Crippen molar-refractivity contribution >= 4 is 5.91 Å². The fourth-order valence-corrected chi connectivity index (χ4v) is 1.93. The Morgan fingerprint density at radius 2 is 2.12 bits per heavy atom. The Morgan fingerprint density at radius 3 is 2.50 bits per heavy atom. The average molecular weight is 227 g/mol. The van der Waals surface area contributed by atoms with Gasteiger partial charge in [0.15, 0.2) is 0 Å². The molecule has 0 aromatic rings. The summed E-state index contributed by atoms with van der Waals surface area (Å²) in [5, 5.41) is 0. The predicted octanol–water partition coefficient (Wildman–Crippen LogP) is 0.701. The molecule has 0 aliphatic heterocycles. The van der Waals surface area contributed by atoms with Gasteiger partial charge in [-0.2, -0.15) is 0 Å². The molecule has 16 heavy (non-hydrogen) atoms. The van der Waals surface area contributed by atoms with E-state index in [1.165, 1.54) is 19.3 Å². The summed E-state index contributed by atoms with van der Waals surface area (Å²) in [6.45, 7) is 6.89. The van der Waals surface area contributed by atoms with Crippen LogP contribution in [0.5, 0.6) is 0 Å². The van der Waals surface area contributed by atoms with Gasteiger partial charge >= 0.3 is 0 Å². The highest BCUT2D eigenvalue weighted by molar-refractivity contribution is 5.83. The summed E-state index contributed by atoms with van der Waals surface area (Å²) >= 11 is 0. The highest BCUT2D eigenvalue weighted by Crippen LogP contribution is 2.27. The van der Waals surface area contributed by atoms with E-state index < -0.39 is 11.4 Å². The Hall–Kier alpha value is -0.610. The predicted molar refractivity (Wildman–Crippen MR) is 65.9 cm³/mol. The van der Waals surface area contributed by atoms with Crippen LogP contribution in [0.1, 0.15) is 39.5 Å². The lowest BCUT2D eigenvalue weighted by atomic mass is 9.85. The number of nitrogens with zero attached hydrogens (tertiary/aromatic N) is 1. The zero-order valence-electron chi connectivity index (χ0n) is 10.5. The minimum absolute atomic E-state index is 0.410. The van der Waals surface area contributed by atoms with Crippen LogP contribution in [0.2, 0.25) is 0 Å². The van der Waals surface area contributed by atoms with E-state index in [2.05, 4.69) is 11.8 Å². The third-order valence-corrected chi connectivity index (χ3v) is 3.70. The van der Waals surface area contributed by atoms with Crippen molar-refractivity contribution in [3.8, 4) is 0 Å². The number of primary amides is 1. The maximum atomic E-state index is 11.1. The largest absolute Gasteiger partial charge is 0.368 e. The van der Waals surface area contributed by atoms with Crippen molar-refractivity contribution in [2.75, 3.05) is 19.6 Å². The van der Waals surface area contributed by atoms with E-state index in [0.717, 1.165) is 25.6 Å². The zero-order valence-corrected chi connectivity index (χ0v) is 10.5. The smallest absolute Gasteiger partial charge is 0.237 e. The van der Waals surface area contributed by atoms with Gasteiger partial charge in [-0.3, -0.25) is 4.79 Å². The second-order valence-corrected chi connectivity index (χ2v) is 5.22. The Bertz CT molecular complexity index is 236. The maximum absolute atomic E-state index is 11.1. The van der Waals surface area contributed by atoms with Gasteiger partial charge < -0.3 is 16.4 Å². The third-order valence-electron chi connectivity index (χ3n) is 3.70. The summed E-state index contributed by atoms with van der Waals surface area (Å²) in [5.41, 5.74) is 10.2. The second-order valence-electron chi connectivity index (χ2n) is 5.22. The molecule has 0 aromatic heterocycles. The standard InChI is InChI=1S/C12H25N3O/c1-3-15(9-10-5-4-6-10)8-7-12(2,14)11(13)16/h10H,3-9,14H2,1-2H3,(H2,13,16). The first-order valence-corrected chi connectivity index (χ1v) is 6.27. The molecule has 1 aliphatic carbocycles. The minimum Gasteiger partial charge on any atom is -0.368 e. The molecule has 0 saturated heterocycles. The average Bonchev–Trinajstić information content (AvgIpc) is 2.15. The van der Waals surface area contributed by atoms with Crippen LogP contribution in [-0.4, -0.2) is 36.0 Å². The Balaban J connectivity index is 2.29. The van der Waals surface area contributed by atoms with Crippen molar-refractivity contribution in [2.24, 2.45) is 17.4 Å². The van der Waals surface area contributed by atoms with Gasteiger partial charge in [-0.05, 0) is 38.6 Å². The highest BCUT2D eigenvalue weighted by Gasteiger charge is 2.27. The molecule has 1 fully saturated rings. The van der Waals surface area contributed by atoms with Crippen LogP contribution >= 0.6 is 0 Å². The van der Waals surface area contributed by atoms with Gasteiger partial charge in [0.2, 0.25) is 5.91 Å². The van der Waals surface area contributed by atoms with E-state index in [4.69, 9.17) is 11.5 Å². The summed E-state index contributed by atoms with van der Waals surface area (Å²) in [5.74, 6) is 0.449. The summed E-state index contributed by atoms with van der Waals surface area (Å²) in [6.07, 6.45) is 4.72. The third kappa shape index (κ3) is 3.76. The van der Waals surface area contributed by atoms with Crippen LogP contribution < -0.4 is 11.5 Å².